The molecule has 2 aromatic heterocycles. The van der Waals surface area contributed by atoms with Crippen molar-refractivity contribution in [1.29, 1.82) is 0 Å². The summed E-state index contributed by atoms with van der Waals surface area (Å²) in [6.45, 7) is -0.347. The molecule has 26 heavy (non-hydrogen) atoms. The normalized spacial score (nSPS) is 10.8. The zero-order chi connectivity index (χ0) is 17.9. The van der Waals surface area contributed by atoms with Gasteiger partial charge in [0.25, 0.3) is 0 Å². The molecule has 0 spiro atoms. The summed E-state index contributed by atoms with van der Waals surface area (Å²) in [5, 5.41) is 25.5. The second-order valence-electron chi connectivity index (χ2n) is 5.57. The Morgan fingerprint density at radius 2 is 1.65 bits per heavy atom. The van der Waals surface area contributed by atoms with Crippen LogP contribution in [0.2, 0.25) is 0 Å². The van der Waals surface area contributed by atoms with Crippen LogP contribution >= 0.6 is 0 Å². The van der Waals surface area contributed by atoms with Crippen molar-refractivity contribution >= 4 is 5.97 Å². The minimum absolute atomic E-state index is 0.326. The first-order valence-corrected chi connectivity index (χ1v) is 7.91. The lowest BCUT2D eigenvalue weighted by atomic mass is 10.1. The number of rotatable bonds is 5. The number of benzene rings is 2. The summed E-state index contributed by atoms with van der Waals surface area (Å²) in [4.78, 5) is 11.9. The number of hydrogen-bond donors (Lipinski definition) is 1. The van der Waals surface area contributed by atoms with Gasteiger partial charge in [-0.25, -0.2) is 4.68 Å². The molecule has 2 aromatic carbocycles. The predicted molar refractivity (Wildman–Crippen MR) is 93.4 cm³/mol. The Bertz CT molecular complexity index is 1040. The van der Waals surface area contributed by atoms with Gasteiger partial charge >= 0.3 is 5.97 Å². The monoisotopic (exact) mass is 346 g/mol. The van der Waals surface area contributed by atoms with Crippen LogP contribution in [0.15, 0.2) is 66.9 Å². The van der Waals surface area contributed by atoms with Gasteiger partial charge in [0.2, 0.25) is 5.82 Å². The topological polar surface area (TPSA) is 98.7 Å². The highest BCUT2D eigenvalue weighted by Crippen LogP contribution is 2.29. The minimum Gasteiger partial charge on any atom is -0.480 e. The molecule has 0 unspecified atom stereocenters. The van der Waals surface area contributed by atoms with Crippen molar-refractivity contribution in [2.75, 3.05) is 0 Å². The zero-order valence-electron chi connectivity index (χ0n) is 13.6. The van der Waals surface area contributed by atoms with Gasteiger partial charge in [0, 0.05) is 11.8 Å². The quantitative estimate of drug-likeness (QED) is 0.595. The van der Waals surface area contributed by atoms with E-state index in [2.05, 4.69) is 20.5 Å². The molecule has 0 bridgehead atoms. The van der Waals surface area contributed by atoms with E-state index in [4.69, 9.17) is 5.11 Å². The molecule has 4 rings (SSSR count). The molecule has 0 aliphatic rings. The van der Waals surface area contributed by atoms with Gasteiger partial charge in [-0.05, 0) is 17.3 Å². The van der Waals surface area contributed by atoms with E-state index in [1.54, 1.807) is 4.68 Å². The fraction of sp³-hybridized carbons (Fsp3) is 0.0556. The van der Waals surface area contributed by atoms with Crippen molar-refractivity contribution in [3.8, 4) is 28.3 Å². The standard InChI is InChI=1S/C18H14N6O2/c25-16(26)12-24-21-18(19-22-24)15-11-23(14-9-5-2-6-10-14)20-17(15)13-7-3-1-4-8-13/h1-11H,12H2,(H,25,26). The second kappa shape index (κ2) is 6.60. The molecular weight excluding hydrogens is 332 g/mol. The lowest BCUT2D eigenvalue weighted by Crippen LogP contribution is -2.11. The number of tetrazole rings is 1. The summed E-state index contributed by atoms with van der Waals surface area (Å²) in [6.07, 6.45) is 1.82. The van der Waals surface area contributed by atoms with Crippen LogP contribution in [0.3, 0.4) is 0 Å². The fourth-order valence-corrected chi connectivity index (χ4v) is 2.60. The molecule has 128 valence electrons. The summed E-state index contributed by atoms with van der Waals surface area (Å²) in [5.74, 6) is -0.704. The smallest absolute Gasteiger partial charge is 0.327 e. The van der Waals surface area contributed by atoms with Crippen LogP contribution in [0.25, 0.3) is 28.3 Å². The first kappa shape index (κ1) is 15.7. The van der Waals surface area contributed by atoms with E-state index in [-0.39, 0.29) is 6.54 Å². The molecule has 8 heteroatoms. The third-order valence-electron chi connectivity index (χ3n) is 3.75. The van der Waals surface area contributed by atoms with Crippen LogP contribution in [-0.2, 0) is 11.3 Å². The largest absolute Gasteiger partial charge is 0.480 e. The van der Waals surface area contributed by atoms with Crippen molar-refractivity contribution < 1.29 is 9.90 Å². The van der Waals surface area contributed by atoms with Crippen molar-refractivity contribution in [2.24, 2.45) is 0 Å². The molecule has 0 atom stereocenters. The third kappa shape index (κ3) is 3.07. The predicted octanol–water partition coefficient (Wildman–Crippen LogP) is 2.28. The Morgan fingerprint density at radius 3 is 2.35 bits per heavy atom. The molecule has 2 heterocycles. The summed E-state index contributed by atoms with van der Waals surface area (Å²) >= 11 is 0. The van der Waals surface area contributed by atoms with Gasteiger partial charge in [0.1, 0.15) is 5.69 Å². The van der Waals surface area contributed by atoms with Gasteiger partial charge in [-0.3, -0.25) is 4.79 Å². The first-order chi connectivity index (χ1) is 12.7. The second-order valence-corrected chi connectivity index (χ2v) is 5.57. The summed E-state index contributed by atoms with van der Waals surface area (Å²) in [7, 11) is 0. The van der Waals surface area contributed by atoms with Crippen molar-refractivity contribution in [1.82, 2.24) is 30.0 Å². The van der Waals surface area contributed by atoms with Crippen LogP contribution in [-0.4, -0.2) is 41.1 Å². The van der Waals surface area contributed by atoms with E-state index < -0.39 is 5.97 Å². The van der Waals surface area contributed by atoms with E-state index >= 15 is 0 Å². The van der Waals surface area contributed by atoms with Crippen LogP contribution in [0.4, 0.5) is 0 Å². The SMILES string of the molecule is O=C(O)Cn1nnc(-c2cn(-c3ccccc3)nc2-c2ccccc2)n1. The van der Waals surface area contributed by atoms with E-state index in [1.165, 1.54) is 0 Å². The molecule has 0 saturated heterocycles. The van der Waals surface area contributed by atoms with E-state index in [9.17, 15) is 4.79 Å². The zero-order valence-corrected chi connectivity index (χ0v) is 13.6. The Kier molecular flexibility index (Phi) is 3.98. The highest BCUT2D eigenvalue weighted by atomic mass is 16.4. The van der Waals surface area contributed by atoms with Gasteiger partial charge in [-0.15, -0.1) is 10.2 Å². The van der Waals surface area contributed by atoms with E-state index in [0.29, 0.717) is 17.1 Å². The van der Waals surface area contributed by atoms with Crippen molar-refractivity contribution in [3.63, 3.8) is 0 Å². The highest BCUT2D eigenvalue weighted by Gasteiger charge is 2.18. The number of nitrogens with zero attached hydrogens (tertiary/aromatic N) is 6. The number of carbonyl (C=O) groups is 1. The average Bonchev–Trinajstić information content (AvgIpc) is 3.29. The van der Waals surface area contributed by atoms with Gasteiger partial charge in [0.05, 0.1) is 11.3 Å². The van der Waals surface area contributed by atoms with Gasteiger partial charge in [-0.2, -0.15) is 9.90 Å². The molecule has 0 saturated carbocycles. The van der Waals surface area contributed by atoms with Crippen LogP contribution in [0.1, 0.15) is 0 Å². The van der Waals surface area contributed by atoms with E-state index in [1.807, 2.05) is 66.9 Å². The molecule has 0 radical (unpaired) electrons. The van der Waals surface area contributed by atoms with E-state index in [0.717, 1.165) is 16.0 Å². The lowest BCUT2D eigenvalue weighted by Gasteiger charge is -2.00. The van der Waals surface area contributed by atoms with Gasteiger partial charge < -0.3 is 5.11 Å². The molecule has 8 nitrogen and oxygen atoms in total. The van der Waals surface area contributed by atoms with Crippen molar-refractivity contribution in [3.05, 3.63) is 66.9 Å². The number of para-hydroxylation sites is 1. The lowest BCUT2D eigenvalue weighted by molar-refractivity contribution is -0.138. The molecule has 0 aliphatic carbocycles. The maximum absolute atomic E-state index is 10.8. The average molecular weight is 346 g/mol. The van der Waals surface area contributed by atoms with Crippen LogP contribution in [0.5, 0.6) is 0 Å². The molecule has 0 amide bonds. The summed E-state index contributed by atoms with van der Waals surface area (Å²) in [6, 6.07) is 19.4. The van der Waals surface area contributed by atoms with Gasteiger partial charge in [-0.1, -0.05) is 48.5 Å². The maximum Gasteiger partial charge on any atom is 0.327 e. The maximum atomic E-state index is 10.8. The number of carboxylic acids is 1. The summed E-state index contributed by atoms with van der Waals surface area (Å²) in [5.41, 5.74) is 3.18. The molecular formula is C18H14N6O2. The first-order valence-electron chi connectivity index (χ1n) is 7.91. The Labute approximate surface area is 148 Å². The molecule has 4 aromatic rings. The fourth-order valence-electron chi connectivity index (χ4n) is 2.60. The molecule has 1 N–H and O–H groups in total. The Morgan fingerprint density at radius 1 is 0.962 bits per heavy atom. The van der Waals surface area contributed by atoms with Crippen LogP contribution < -0.4 is 0 Å². The molecule has 0 fully saturated rings. The van der Waals surface area contributed by atoms with Gasteiger partial charge in [0.15, 0.2) is 6.54 Å². The Balaban J connectivity index is 1.83. The van der Waals surface area contributed by atoms with Crippen molar-refractivity contribution in [2.45, 2.75) is 6.54 Å². The molecule has 0 aliphatic heterocycles. The van der Waals surface area contributed by atoms with Crippen LogP contribution in [0, 0.1) is 0 Å². The third-order valence-corrected chi connectivity index (χ3v) is 3.75. The Hall–Kier alpha value is -3.81. The summed E-state index contributed by atoms with van der Waals surface area (Å²) < 4.78 is 1.75. The highest BCUT2D eigenvalue weighted by molar-refractivity contribution is 5.77. The minimum atomic E-state index is -1.03. The number of aliphatic carboxylic acids is 1. The number of hydrogen-bond acceptors (Lipinski definition) is 5. The number of carboxylic acid groups (broad SMARTS) is 1. The number of aromatic nitrogens is 6.